The van der Waals surface area contributed by atoms with Crippen molar-refractivity contribution in [2.45, 2.75) is 31.5 Å². The van der Waals surface area contributed by atoms with Gasteiger partial charge in [0, 0.05) is 6.42 Å². The number of alkyl halides is 3. The minimum atomic E-state index is -4.55. The summed E-state index contributed by atoms with van der Waals surface area (Å²) in [6.07, 6.45) is -9.63. The molecule has 114 valence electrons. The van der Waals surface area contributed by atoms with Gasteiger partial charge < -0.3 is 5.11 Å². The number of aliphatic hydroxyl groups is 1. The maximum Gasteiger partial charge on any atom is 0.389 e. The van der Waals surface area contributed by atoms with Gasteiger partial charge in [-0.2, -0.15) is 13.2 Å². The first-order chi connectivity index (χ1) is 9.06. The Morgan fingerprint density at radius 1 is 0.800 bits per heavy atom. The van der Waals surface area contributed by atoms with E-state index < -0.39 is 66.2 Å². The van der Waals surface area contributed by atoms with Gasteiger partial charge in [-0.3, -0.25) is 0 Å². The van der Waals surface area contributed by atoms with Crippen molar-refractivity contribution in [2.24, 2.45) is 0 Å². The zero-order chi connectivity index (χ0) is 15.7. The number of benzene rings is 1. The summed E-state index contributed by atoms with van der Waals surface area (Å²) in [5.41, 5.74) is -1.52. The van der Waals surface area contributed by atoms with Gasteiger partial charge in [-0.05, 0) is 12.8 Å². The molecule has 0 aliphatic rings. The highest BCUT2D eigenvalue weighted by Crippen LogP contribution is 2.31. The molecule has 0 saturated heterocycles. The summed E-state index contributed by atoms with van der Waals surface area (Å²) in [6.45, 7) is 0. The second kappa shape index (κ2) is 5.94. The lowest BCUT2D eigenvalue weighted by Gasteiger charge is -2.14. The second-order valence-electron chi connectivity index (χ2n) is 4.01. The van der Waals surface area contributed by atoms with Crippen molar-refractivity contribution in [1.29, 1.82) is 0 Å². The lowest BCUT2D eigenvalue weighted by atomic mass is 10.0. The minimum absolute atomic E-state index is 0.718. The van der Waals surface area contributed by atoms with Gasteiger partial charge in [0.2, 0.25) is 5.82 Å². The molecule has 20 heavy (non-hydrogen) atoms. The summed E-state index contributed by atoms with van der Waals surface area (Å²) in [4.78, 5) is 0. The number of halogens is 8. The molecule has 0 saturated carbocycles. The Hall–Kier alpha value is -1.38. The molecule has 0 aliphatic carbocycles. The van der Waals surface area contributed by atoms with Crippen molar-refractivity contribution in [1.82, 2.24) is 0 Å². The first-order valence-corrected chi connectivity index (χ1v) is 5.32. The van der Waals surface area contributed by atoms with Gasteiger partial charge in [0.1, 0.15) is 0 Å². The van der Waals surface area contributed by atoms with Crippen LogP contribution in [-0.2, 0) is 0 Å². The largest absolute Gasteiger partial charge is 0.389 e. The maximum absolute atomic E-state index is 13.2. The molecule has 0 aromatic heterocycles. The lowest BCUT2D eigenvalue weighted by molar-refractivity contribution is -0.136. The van der Waals surface area contributed by atoms with Gasteiger partial charge in [0.05, 0.1) is 11.7 Å². The van der Waals surface area contributed by atoms with Crippen LogP contribution < -0.4 is 0 Å². The Bertz CT molecular complexity index is 467. The molecule has 1 rings (SSSR count). The smallest absolute Gasteiger partial charge is 0.388 e. The average molecular weight is 308 g/mol. The van der Waals surface area contributed by atoms with Crippen molar-refractivity contribution < 1.29 is 40.2 Å². The standard InChI is InChI=1S/C11H8F8O/c12-6-5(4(20)2-1-3-11(17,18)19)7(13)9(15)10(16)8(6)14/h4,20H,1-3H2. The fraction of sp³-hybridized carbons (Fsp3) is 0.455. The van der Waals surface area contributed by atoms with Crippen molar-refractivity contribution in [3.05, 3.63) is 34.6 Å². The van der Waals surface area contributed by atoms with E-state index in [4.69, 9.17) is 0 Å². The van der Waals surface area contributed by atoms with Crippen LogP contribution in [0, 0.1) is 29.1 Å². The maximum atomic E-state index is 13.2. The van der Waals surface area contributed by atoms with Crippen LogP contribution in [0.1, 0.15) is 30.9 Å². The van der Waals surface area contributed by atoms with Crippen LogP contribution >= 0.6 is 0 Å². The number of hydrogen-bond donors (Lipinski definition) is 1. The van der Waals surface area contributed by atoms with Crippen LogP contribution in [0.5, 0.6) is 0 Å². The van der Waals surface area contributed by atoms with Crippen molar-refractivity contribution in [3.8, 4) is 0 Å². The zero-order valence-corrected chi connectivity index (χ0v) is 9.67. The van der Waals surface area contributed by atoms with Gasteiger partial charge in [-0.25, -0.2) is 22.0 Å². The van der Waals surface area contributed by atoms with E-state index >= 15 is 0 Å². The quantitative estimate of drug-likeness (QED) is 0.503. The first kappa shape index (κ1) is 16.7. The molecular formula is C11H8F8O. The number of hydrogen-bond acceptors (Lipinski definition) is 1. The molecular weight excluding hydrogens is 300 g/mol. The number of rotatable bonds is 4. The molecule has 0 spiro atoms. The molecule has 0 bridgehead atoms. The Kier molecular flexibility index (Phi) is 4.95. The third kappa shape index (κ3) is 3.59. The minimum Gasteiger partial charge on any atom is -0.388 e. The van der Waals surface area contributed by atoms with Gasteiger partial charge in [-0.15, -0.1) is 0 Å². The molecule has 0 radical (unpaired) electrons. The Morgan fingerprint density at radius 3 is 1.60 bits per heavy atom. The van der Waals surface area contributed by atoms with Gasteiger partial charge in [-0.1, -0.05) is 0 Å². The topological polar surface area (TPSA) is 20.2 Å². The predicted octanol–water partition coefficient (Wildman–Crippen LogP) is 4.15. The molecule has 1 nitrogen and oxygen atoms in total. The normalized spacial score (nSPS) is 13.7. The van der Waals surface area contributed by atoms with E-state index in [9.17, 15) is 40.2 Å². The molecule has 1 unspecified atom stereocenters. The van der Waals surface area contributed by atoms with Crippen LogP contribution in [0.25, 0.3) is 0 Å². The summed E-state index contributed by atoms with van der Waals surface area (Å²) >= 11 is 0. The summed E-state index contributed by atoms with van der Waals surface area (Å²) in [6, 6.07) is 0. The molecule has 1 N–H and O–H groups in total. The Balaban J connectivity index is 2.96. The van der Waals surface area contributed by atoms with Gasteiger partial charge >= 0.3 is 6.18 Å². The molecule has 1 aromatic carbocycles. The first-order valence-electron chi connectivity index (χ1n) is 5.32. The molecule has 0 heterocycles. The SMILES string of the molecule is OC(CCCC(F)(F)F)c1c(F)c(F)c(F)c(F)c1F. The molecule has 0 aliphatic heterocycles. The van der Waals surface area contributed by atoms with Crippen molar-refractivity contribution >= 4 is 0 Å². The third-order valence-electron chi connectivity index (χ3n) is 2.51. The number of aliphatic hydroxyl groups excluding tert-OH is 1. The molecule has 1 atom stereocenters. The van der Waals surface area contributed by atoms with E-state index in [0.29, 0.717) is 0 Å². The highest BCUT2D eigenvalue weighted by molar-refractivity contribution is 5.26. The fourth-order valence-electron chi connectivity index (χ4n) is 1.55. The Labute approximate surface area is 107 Å². The average Bonchev–Trinajstić information content (AvgIpc) is 2.32. The fourth-order valence-corrected chi connectivity index (χ4v) is 1.55. The van der Waals surface area contributed by atoms with Crippen molar-refractivity contribution in [2.75, 3.05) is 0 Å². The van der Waals surface area contributed by atoms with E-state index in [2.05, 4.69) is 0 Å². The summed E-state index contributed by atoms with van der Waals surface area (Å²) in [5, 5.41) is 9.32. The van der Waals surface area contributed by atoms with E-state index in [1.165, 1.54) is 0 Å². The molecule has 0 fully saturated rings. The molecule has 0 amide bonds. The highest BCUT2D eigenvalue weighted by Gasteiger charge is 2.31. The Morgan fingerprint density at radius 2 is 1.20 bits per heavy atom. The monoisotopic (exact) mass is 308 g/mol. The van der Waals surface area contributed by atoms with Gasteiger partial charge in [0.25, 0.3) is 0 Å². The molecule has 9 heteroatoms. The summed E-state index contributed by atoms with van der Waals surface area (Å²) in [5.74, 6) is -11.4. The van der Waals surface area contributed by atoms with E-state index in [-0.39, 0.29) is 0 Å². The van der Waals surface area contributed by atoms with Crippen LogP contribution in [0.4, 0.5) is 35.1 Å². The third-order valence-corrected chi connectivity index (χ3v) is 2.51. The van der Waals surface area contributed by atoms with E-state index in [1.807, 2.05) is 0 Å². The van der Waals surface area contributed by atoms with Crippen LogP contribution in [0.2, 0.25) is 0 Å². The predicted molar refractivity (Wildman–Crippen MR) is 51.1 cm³/mol. The van der Waals surface area contributed by atoms with Crippen LogP contribution in [0.3, 0.4) is 0 Å². The molecule has 1 aromatic rings. The zero-order valence-electron chi connectivity index (χ0n) is 9.67. The lowest BCUT2D eigenvalue weighted by Crippen LogP contribution is -2.13. The van der Waals surface area contributed by atoms with Crippen LogP contribution in [0.15, 0.2) is 0 Å². The van der Waals surface area contributed by atoms with Crippen LogP contribution in [-0.4, -0.2) is 11.3 Å². The van der Waals surface area contributed by atoms with E-state index in [0.717, 1.165) is 0 Å². The van der Waals surface area contributed by atoms with Crippen molar-refractivity contribution in [3.63, 3.8) is 0 Å². The second-order valence-corrected chi connectivity index (χ2v) is 4.01. The summed E-state index contributed by atoms with van der Waals surface area (Å²) in [7, 11) is 0. The summed E-state index contributed by atoms with van der Waals surface area (Å²) < 4.78 is 100. The van der Waals surface area contributed by atoms with Gasteiger partial charge in [0.15, 0.2) is 23.3 Å². The van der Waals surface area contributed by atoms with E-state index in [1.54, 1.807) is 0 Å². The highest BCUT2D eigenvalue weighted by atomic mass is 19.4.